The van der Waals surface area contributed by atoms with Crippen LogP contribution in [0.25, 0.3) is 28.2 Å². The summed E-state index contributed by atoms with van der Waals surface area (Å²) in [6.07, 6.45) is -1.32. The highest BCUT2D eigenvalue weighted by molar-refractivity contribution is 7.11. The highest BCUT2D eigenvalue weighted by Crippen LogP contribution is 2.49. The molecule has 1 aliphatic carbocycles. The van der Waals surface area contributed by atoms with Crippen molar-refractivity contribution >= 4 is 39.6 Å². The number of hydrogen-bond donors (Lipinski definition) is 0. The number of para-hydroxylation sites is 1. The maximum atomic E-state index is 14.0. The van der Waals surface area contributed by atoms with Crippen LogP contribution in [0.15, 0.2) is 83.9 Å². The van der Waals surface area contributed by atoms with Gasteiger partial charge in [0.05, 0.1) is 16.8 Å². The molecule has 0 saturated heterocycles. The van der Waals surface area contributed by atoms with Crippen molar-refractivity contribution in [2.45, 2.75) is 6.18 Å². The molecule has 1 nitrogen and oxygen atoms in total. The largest absolute Gasteiger partial charge is 0.417 e. The van der Waals surface area contributed by atoms with E-state index in [0.717, 1.165) is 16.5 Å². The van der Waals surface area contributed by atoms with E-state index in [1.807, 2.05) is 76.8 Å². The Kier molecular flexibility index (Phi) is 3.81. The zero-order valence-corrected chi connectivity index (χ0v) is 15.4. The van der Waals surface area contributed by atoms with E-state index in [9.17, 15) is 13.2 Å². The summed E-state index contributed by atoms with van der Waals surface area (Å²) >= 11 is 1.33. The number of fused-ring (bicyclic) bond motifs is 2. The SMILES string of the molecule is FC(F)(F)C1=Cc2sccc2/C1=C(\c1ccccc1)n1ccc2ccccc21. The molecule has 0 amide bonds. The van der Waals surface area contributed by atoms with Crippen LogP contribution >= 0.6 is 11.3 Å². The van der Waals surface area contributed by atoms with E-state index in [1.165, 1.54) is 17.4 Å². The minimum Gasteiger partial charge on any atom is -0.315 e. The summed E-state index contributed by atoms with van der Waals surface area (Å²) in [6, 6.07) is 20.7. The maximum Gasteiger partial charge on any atom is 0.417 e. The molecule has 4 aromatic rings. The molecule has 0 saturated carbocycles. The quantitative estimate of drug-likeness (QED) is 0.343. The molecular formula is C23H14F3NS. The zero-order chi connectivity index (χ0) is 19.3. The summed E-state index contributed by atoms with van der Waals surface area (Å²) in [5, 5.41) is 2.82. The number of rotatable bonds is 2. The Morgan fingerprint density at radius 2 is 1.61 bits per heavy atom. The summed E-state index contributed by atoms with van der Waals surface area (Å²) in [5.74, 6) is 0. The van der Waals surface area contributed by atoms with Gasteiger partial charge in [-0.3, -0.25) is 0 Å². The number of alkyl halides is 3. The second kappa shape index (κ2) is 6.24. The summed E-state index contributed by atoms with van der Waals surface area (Å²) in [6.45, 7) is 0. The van der Waals surface area contributed by atoms with Crippen LogP contribution in [0, 0.1) is 0 Å². The van der Waals surface area contributed by atoms with E-state index in [2.05, 4.69) is 0 Å². The molecule has 138 valence electrons. The molecule has 0 bridgehead atoms. The Morgan fingerprint density at radius 1 is 0.857 bits per heavy atom. The van der Waals surface area contributed by atoms with Crippen molar-refractivity contribution in [1.29, 1.82) is 0 Å². The first kappa shape index (κ1) is 17.1. The van der Waals surface area contributed by atoms with Crippen molar-refractivity contribution in [1.82, 2.24) is 4.57 Å². The number of nitrogens with zero attached hydrogens (tertiary/aromatic N) is 1. The van der Waals surface area contributed by atoms with Crippen LogP contribution in [0.3, 0.4) is 0 Å². The minimum absolute atomic E-state index is 0.233. The first-order valence-electron chi connectivity index (χ1n) is 8.77. The van der Waals surface area contributed by atoms with E-state index < -0.39 is 11.7 Å². The molecule has 0 spiro atoms. The first-order valence-corrected chi connectivity index (χ1v) is 9.65. The van der Waals surface area contributed by atoms with Crippen molar-refractivity contribution in [3.8, 4) is 0 Å². The number of thiophene rings is 1. The second-order valence-electron chi connectivity index (χ2n) is 6.59. The third-order valence-corrected chi connectivity index (χ3v) is 5.80. The summed E-state index contributed by atoms with van der Waals surface area (Å²) in [4.78, 5) is 0.646. The van der Waals surface area contributed by atoms with Gasteiger partial charge in [-0.25, -0.2) is 0 Å². The van der Waals surface area contributed by atoms with Crippen LogP contribution in [0.5, 0.6) is 0 Å². The van der Waals surface area contributed by atoms with E-state index in [4.69, 9.17) is 0 Å². The van der Waals surface area contributed by atoms with Crippen molar-refractivity contribution in [2.24, 2.45) is 0 Å². The lowest BCUT2D eigenvalue weighted by Crippen LogP contribution is -2.13. The molecule has 2 aromatic carbocycles. The standard InChI is InChI=1S/C23H14F3NS/c24-23(25,26)18-14-20-17(11-13-28-20)21(18)22(16-7-2-1-3-8-16)27-12-10-15-6-4-5-9-19(15)27/h1-14H/b22-21-. The highest BCUT2D eigenvalue weighted by Gasteiger charge is 2.42. The third kappa shape index (κ3) is 2.62. The molecule has 0 N–H and O–H groups in total. The van der Waals surface area contributed by atoms with Crippen molar-refractivity contribution in [3.05, 3.63) is 99.9 Å². The van der Waals surface area contributed by atoms with E-state index in [1.54, 1.807) is 6.07 Å². The molecule has 0 aliphatic heterocycles. The number of hydrogen-bond acceptors (Lipinski definition) is 1. The Morgan fingerprint density at radius 3 is 2.39 bits per heavy atom. The average molecular weight is 393 g/mol. The number of allylic oxidation sites excluding steroid dienone is 2. The number of aromatic nitrogens is 1. The van der Waals surface area contributed by atoms with Crippen molar-refractivity contribution in [2.75, 3.05) is 0 Å². The van der Waals surface area contributed by atoms with Crippen LogP contribution in [0.4, 0.5) is 13.2 Å². The van der Waals surface area contributed by atoms with Gasteiger partial charge in [0.25, 0.3) is 0 Å². The van der Waals surface area contributed by atoms with Crippen molar-refractivity contribution in [3.63, 3.8) is 0 Å². The smallest absolute Gasteiger partial charge is 0.315 e. The monoisotopic (exact) mass is 393 g/mol. The topological polar surface area (TPSA) is 4.93 Å². The number of benzene rings is 2. The maximum absolute atomic E-state index is 14.0. The predicted molar refractivity (Wildman–Crippen MR) is 109 cm³/mol. The van der Waals surface area contributed by atoms with Gasteiger partial charge in [0.15, 0.2) is 0 Å². The van der Waals surface area contributed by atoms with Gasteiger partial charge < -0.3 is 4.57 Å². The molecule has 2 heterocycles. The fourth-order valence-electron chi connectivity index (χ4n) is 3.74. The number of halogens is 3. The van der Waals surface area contributed by atoms with Gasteiger partial charge in [0.2, 0.25) is 0 Å². The van der Waals surface area contributed by atoms with Crippen LogP contribution in [0.1, 0.15) is 16.0 Å². The van der Waals surface area contributed by atoms with E-state index >= 15 is 0 Å². The average Bonchev–Trinajstić information content (AvgIpc) is 3.38. The van der Waals surface area contributed by atoms with Crippen LogP contribution in [0.2, 0.25) is 0 Å². The van der Waals surface area contributed by atoms with Gasteiger partial charge in [0.1, 0.15) is 0 Å². The van der Waals surface area contributed by atoms with Gasteiger partial charge in [-0.1, -0.05) is 48.5 Å². The fraction of sp³-hybridized carbons (Fsp3) is 0.0435. The molecule has 28 heavy (non-hydrogen) atoms. The lowest BCUT2D eigenvalue weighted by molar-refractivity contribution is -0.0859. The predicted octanol–water partition coefficient (Wildman–Crippen LogP) is 7.08. The summed E-state index contributed by atoms with van der Waals surface area (Å²) in [5.41, 5.74) is 2.44. The summed E-state index contributed by atoms with van der Waals surface area (Å²) in [7, 11) is 0. The van der Waals surface area contributed by atoms with E-state index in [0.29, 0.717) is 16.1 Å². The fourth-order valence-corrected chi connectivity index (χ4v) is 4.58. The van der Waals surface area contributed by atoms with E-state index in [-0.39, 0.29) is 5.57 Å². The molecule has 0 unspecified atom stereocenters. The highest BCUT2D eigenvalue weighted by atomic mass is 32.1. The van der Waals surface area contributed by atoms with Gasteiger partial charge in [0, 0.05) is 22.2 Å². The minimum atomic E-state index is -4.43. The lowest BCUT2D eigenvalue weighted by Gasteiger charge is -2.19. The molecule has 0 fully saturated rings. The van der Waals surface area contributed by atoms with Crippen molar-refractivity contribution < 1.29 is 13.2 Å². The van der Waals surface area contributed by atoms with Gasteiger partial charge >= 0.3 is 6.18 Å². The van der Waals surface area contributed by atoms with Crippen LogP contribution in [-0.2, 0) is 0 Å². The second-order valence-corrected chi connectivity index (χ2v) is 7.54. The lowest BCUT2D eigenvalue weighted by atomic mass is 9.97. The molecule has 2 aromatic heterocycles. The Labute approximate surface area is 163 Å². The molecule has 0 atom stereocenters. The molecule has 1 aliphatic rings. The van der Waals surface area contributed by atoms with Gasteiger partial charge in [-0.2, -0.15) is 13.2 Å². The molecular weight excluding hydrogens is 379 g/mol. The van der Waals surface area contributed by atoms with Crippen LogP contribution in [-0.4, -0.2) is 10.7 Å². The molecule has 0 radical (unpaired) electrons. The van der Waals surface area contributed by atoms with Crippen LogP contribution < -0.4 is 0 Å². The molecule has 5 heteroatoms. The summed E-state index contributed by atoms with van der Waals surface area (Å²) < 4.78 is 43.8. The first-order chi connectivity index (χ1) is 13.5. The third-order valence-electron chi connectivity index (χ3n) is 4.94. The Hall–Kier alpha value is -3.05. The molecule has 5 rings (SSSR count). The normalized spacial score (nSPS) is 15.6. The Bertz CT molecular complexity index is 1240. The van der Waals surface area contributed by atoms with Gasteiger partial charge in [-0.05, 0) is 40.6 Å². The zero-order valence-electron chi connectivity index (χ0n) is 14.6. The Balaban J connectivity index is 1.91. The van der Waals surface area contributed by atoms with Gasteiger partial charge in [-0.15, -0.1) is 11.3 Å².